The van der Waals surface area contributed by atoms with Crippen molar-refractivity contribution in [3.05, 3.63) is 59.2 Å². The Morgan fingerprint density at radius 1 is 1.11 bits per heavy atom. The summed E-state index contributed by atoms with van der Waals surface area (Å²) in [6.45, 7) is 6.27. The number of rotatable bonds is 9. The lowest BCUT2D eigenvalue weighted by atomic mass is 10.1. The molecule has 0 unspecified atom stereocenters. The van der Waals surface area contributed by atoms with Crippen molar-refractivity contribution < 1.29 is 17.9 Å². The maximum atomic E-state index is 12.3. The highest BCUT2D eigenvalue weighted by Crippen LogP contribution is 2.23. The van der Waals surface area contributed by atoms with Crippen molar-refractivity contribution in [2.24, 2.45) is 0 Å². The molecule has 0 aliphatic carbocycles. The van der Waals surface area contributed by atoms with Crippen LogP contribution in [0.25, 0.3) is 0 Å². The summed E-state index contributed by atoms with van der Waals surface area (Å²) in [5, 5.41) is 2.72. The fraction of sp³-hybridized carbons (Fsp3) is 0.381. The van der Waals surface area contributed by atoms with Gasteiger partial charge < -0.3 is 10.1 Å². The normalized spacial score (nSPS) is 11.1. The molecular weight excluding hydrogens is 376 g/mol. The number of anilines is 1. The number of hydrogen-bond donors (Lipinski definition) is 1. The molecule has 0 aromatic heterocycles. The van der Waals surface area contributed by atoms with Crippen LogP contribution in [0.5, 0.6) is 5.75 Å². The maximum Gasteiger partial charge on any atom is 0.240 e. The third-order valence-corrected chi connectivity index (χ3v) is 5.34. The van der Waals surface area contributed by atoms with Crippen molar-refractivity contribution in [1.82, 2.24) is 5.32 Å². The molecule has 0 atom stereocenters. The van der Waals surface area contributed by atoms with Crippen molar-refractivity contribution in [3.63, 3.8) is 0 Å². The highest BCUT2D eigenvalue weighted by atomic mass is 32.2. The van der Waals surface area contributed by atoms with E-state index in [-0.39, 0.29) is 12.5 Å². The summed E-state index contributed by atoms with van der Waals surface area (Å²) in [5.74, 6) is 0.377. The number of hydrogen-bond acceptors (Lipinski definition) is 4. The fourth-order valence-electron chi connectivity index (χ4n) is 3.00. The molecule has 0 radical (unpaired) electrons. The highest BCUT2D eigenvalue weighted by molar-refractivity contribution is 7.92. The lowest BCUT2D eigenvalue weighted by molar-refractivity contribution is -0.119. The quantitative estimate of drug-likeness (QED) is 0.652. The largest absolute Gasteiger partial charge is 0.492 e. The second-order valence-electron chi connectivity index (χ2n) is 6.77. The zero-order valence-electron chi connectivity index (χ0n) is 16.9. The highest BCUT2D eigenvalue weighted by Gasteiger charge is 2.22. The number of nitrogens with one attached hydrogen (secondary N) is 1. The minimum absolute atomic E-state index is 0.264. The lowest BCUT2D eigenvalue weighted by Crippen LogP contribution is -2.41. The second kappa shape index (κ2) is 9.59. The predicted octanol–water partition coefficient (Wildman–Crippen LogP) is 2.83. The Kier molecular flexibility index (Phi) is 7.45. The molecule has 6 nitrogen and oxygen atoms in total. The van der Waals surface area contributed by atoms with Crippen molar-refractivity contribution in [3.8, 4) is 5.75 Å². The summed E-state index contributed by atoms with van der Waals surface area (Å²) >= 11 is 0. The number of benzene rings is 2. The molecule has 152 valence electrons. The van der Waals surface area contributed by atoms with Crippen LogP contribution in [0, 0.1) is 13.8 Å². The van der Waals surface area contributed by atoms with Gasteiger partial charge in [0, 0.05) is 0 Å². The van der Waals surface area contributed by atoms with E-state index in [1.807, 2.05) is 45.0 Å². The van der Waals surface area contributed by atoms with E-state index in [2.05, 4.69) is 11.4 Å². The maximum absolute atomic E-state index is 12.3. The van der Waals surface area contributed by atoms with E-state index in [0.29, 0.717) is 25.3 Å². The molecule has 0 bridgehead atoms. The Balaban J connectivity index is 1.95. The first-order valence-electron chi connectivity index (χ1n) is 9.24. The second-order valence-corrected chi connectivity index (χ2v) is 8.68. The average Bonchev–Trinajstić information content (AvgIpc) is 2.61. The van der Waals surface area contributed by atoms with Crippen molar-refractivity contribution in [1.29, 1.82) is 0 Å². The van der Waals surface area contributed by atoms with Gasteiger partial charge in [-0.15, -0.1) is 0 Å². The summed E-state index contributed by atoms with van der Waals surface area (Å²) in [7, 11) is -3.59. The van der Waals surface area contributed by atoms with Crippen molar-refractivity contribution in [2.75, 3.05) is 30.3 Å². The first kappa shape index (κ1) is 21.8. The predicted molar refractivity (Wildman–Crippen MR) is 112 cm³/mol. The number of para-hydroxylation sites is 1. The standard InChI is InChI=1S/C21H28N2O4S/c1-5-18-8-6-7-9-20(18)23(28(4,25)26)15-21(24)22-10-11-27-19-13-16(2)12-17(3)14-19/h6-9,12-14H,5,10-11,15H2,1-4H3,(H,22,24). The van der Waals surface area contributed by atoms with Crippen LogP contribution in [0.1, 0.15) is 23.6 Å². The van der Waals surface area contributed by atoms with Crippen LogP contribution in [0.4, 0.5) is 5.69 Å². The van der Waals surface area contributed by atoms with Gasteiger partial charge in [-0.2, -0.15) is 0 Å². The lowest BCUT2D eigenvalue weighted by Gasteiger charge is -2.24. The minimum Gasteiger partial charge on any atom is -0.492 e. The minimum atomic E-state index is -3.59. The third-order valence-electron chi connectivity index (χ3n) is 4.22. The molecular formula is C21H28N2O4S. The summed E-state index contributed by atoms with van der Waals surface area (Å²) < 4.78 is 31.3. The molecule has 0 fully saturated rings. The topological polar surface area (TPSA) is 75.7 Å². The van der Waals surface area contributed by atoms with Gasteiger partial charge in [-0.1, -0.05) is 31.2 Å². The Morgan fingerprint density at radius 2 is 1.75 bits per heavy atom. The van der Waals surface area contributed by atoms with Crippen LogP contribution in [0.3, 0.4) is 0 Å². The first-order chi connectivity index (χ1) is 13.2. The molecule has 2 aromatic carbocycles. The molecule has 7 heteroatoms. The number of amides is 1. The van der Waals surface area contributed by atoms with Crippen LogP contribution in [0.15, 0.2) is 42.5 Å². The molecule has 0 heterocycles. The van der Waals surface area contributed by atoms with Gasteiger partial charge in [0.15, 0.2) is 0 Å². The van der Waals surface area contributed by atoms with Crippen molar-refractivity contribution >= 4 is 21.6 Å². The van der Waals surface area contributed by atoms with E-state index in [9.17, 15) is 13.2 Å². The number of aryl methyl sites for hydroxylation is 3. The van der Waals surface area contributed by atoms with Gasteiger partial charge in [0.1, 0.15) is 18.9 Å². The first-order valence-corrected chi connectivity index (χ1v) is 11.1. The van der Waals surface area contributed by atoms with Gasteiger partial charge in [0.25, 0.3) is 0 Å². The van der Waals surface area contributed by atoms with Crippen LogP contribution in [-0.4, -0.2) is 40.3 Å². The van der Waals surface area contributed by atoms with Crippen LogP contribution < -0.4 is 14.4 Å². The van der Waals surface area contributed by atoms with Gasteiger partial charge in [0.05, 0.1) is 18.5 Å². The van der Waals surface area contributed by atoms with Crippen LogP contribution in [-0.2, 0) is 21.2 Å². The van der Waals surface area contributed by atoms with Gasteiger partial charge in [-0.05, 0) is 55.2 Å². The molecule has 2 rings (SSSR count). The Morgan fingerprint density at radius 3 is 2.36 bits per heavy atom. The number of carbonyl (C=O) groups excluding carboxylic acids is 1. The Labute approximate surface area is 167 Å². The van der Waals surface area contributed by atoms with E-state index in [4.69, 9.17) is 4.74 Å². The Bertz CT molecular complexity index is 906. The number of nitrogens with zero attached hydrogens (tertiary/aromatic N) is 1. The van der Waals surface area contributed by atoms with E-state index in [1.54, 1.807) is 12.1 Å². The van der Waals surface area contributed by atoms with E-state index < -0.39 is 10.0 Å². The summed E-state index contributed by atoms with van der Waals surface area (Å²) in [4.78, 5) is 12.3. The zero-order valence-corrected chi connectivity index (χ0v) is 17.7. The van der Waals surface area contributed by atoms with Gasteiger partial charge in [0.2, 0.25) is 15.9 Å². The number of ether oxygens (including phenoxy) is 1. The molecule has 0 saturated carbocycles. The van der Waals surface area contributed by atoms with Gasteiger partial charge in [-0.25, -0.2) is 8.42 Å². The monoisotopic (exact) mass is 404 g/mol. The van der Waals surface area contributed by atoms with Gasteiger partial charge >= 0.3 is 0 Å². The molecule has 0 aliphatic heterocycles. The van der Waals surface area contributed by atoms with E-state index >= 15 is 0 Å². The molecule has 0 aliphatic rings. The van der Waals surface area contributed by atoms with Crippen LogP contribution in [0.2, 0.25) is 0 Å². The average molecular weight is 405 g/mol. The smallest absolute Gasteiger partial charge is 0.240 e. The molecule has 28 heavy (non-hydrogen) atoms. The molecule has 0 spiro atoms. The molecule has 2 aromatic rings. The fourth-order valence-corrected chi connectivity index (χ4v) is 3.88. The molecule has 1 amide bonds. The van der Waals surface area contributed by atoms with E-state index in [1.165, 1.54) is 0 Å². The molecule has 1 N–H and O–H groups in total. The van der Waals surface area contributed by atoms with Gasteiger partial charge in [-0.3, -0.25) is 9.10 Å². The number of sulfonamides is 1. The van der Waals surface area contributed by atoms with Crippen molar-refractivity contribution in [2.45, 2.75) is 27.2 Å². The summed E-state index contributed by atoms with van der Waals surface area (Å²) in [6, 6.07) is 13.1. The Hall–Kier alpha value is -2.54. The molecule has 0 saturated heterocycles. The van der Waals surface area contributed by atoms with Crippen LogP contribution >= 0.6 is 0 Å². The van der Waals surface area contributed by atoms with E-state index in [0.717, 1.165) is 33.0 Å². The summed E-state index contributed by atoms with van der Waals surface area (Å²) in [6.07, 6.45) is 1.78. The SMILES string of the molecule is CCc1ccccc1N(CC(=O)NCCOc1cc(C)cc(C)c1)S(C)(=O)=O. The summed E-state index contributed by atoms with van der Waals surface area (Å²) in [5.41, 5.74) is 3.63. The third kappa shape index (κ3) is 6.27. The number of carbonyl (C=O) groups is 1. The zero-order chi connectivity index (χ0) is 20.7.